The first-order chi connectivity index (χ1) is 11.4. The van der Waals surface area contributed by atoms with E-state index >= 15 is 0 Å². The van der Waals surface area contributed by atoms with E-state index in [1.165, 1.54) is 7.11 Å². The fraction of sp³-hybridized carbons (Fsp3) is 0.263. The summed E-state index contributed by atoms with van der Waals surface area (Å²) in [4.78, 5) is 23.9. The number of hydrogen-bond donors (Lipinski definition) is 1. The Morgan fingerprint density at radius 1 is 0.958 bits per heavy atom. The van der Waals surface area contributed by atoms with Crippen molar-refractivity contribution in [2.75, 3.05) is 19.0 Å². The summed E-state index contributed by atoms with van der Waals surface area (Å²) < 4.78 is 10.2. The van der Waals surface area contributed by atoms with Gasteiger partial charge in [-0.05, 0) is 61.7 Å². The molecule has 1 N–H and O–H groups in total. The predicted molar refractivity (Wildman–Crippen MR) is 92.6 cm³/mol. The average molecular weight is 327 g/mol. The molecule has 126 valence electrons. The van der Waals surface area contributed by atoms with Gasteiger partial charge in [-0.25, -0.2) is 4.79 Å². The third-order valence-electron chi connectivity index (χ3n) is 3.77. The Morgan fingerprint density at radius 3 is 2.33 bits per heavy atom. The molecule has 2 aromatic rings. The maximum absolute atomic E-state index is 12.0. The number of esters is 1. The van der Waals surface area contributed by atoms with Crippen LogP contribution in [0, 0.1) is 20.8 Å². The van der Waals surface area contributed by atoms with Gasteiger partial charge in [0.2, 0.25) is 0 Å². The van der Waals surface area contributed by atoms with E-state index in [2.05, 4.69) is 5.32 Å². The van der Waals surface area contributed by atoms with Crippen molar-refractivity contribution in [3.05, 3.63) is 58.7 Å². The molecule has 0 aliphatic heterocycles. The van der Waals surface area contributed by atoms with Crippen LogP contribution < -0.4 is 10.1 Å². The first kappa shape index (κ1) is 17.5. The Labute approximate surface area is 141 Å². The summed E-state index contributed by atoms with van der Waals surface area (Å²) >= 11 is 0. The van der Waals surface area contributed by atoms with E-state index < -0.39 is 5.97 Å². The standard InChI is InChI=1S/C19H21NO4/c1-12-6-8-16(9-14(12)3)20-18(21)11-24-19(22)15-7-5-13(2)17(10-15)23-4/h5-10H,11H2,1-4H3,(H,20,21). The number of benzene rings is 2. The topological polar surface area (TPSA) is 64.6 Å². The minimum atomic E-state index is -0.566. The minimum absolute atomic E-state index is 0.344. The molecule has 0 spiro atoms. The van der Waals surface area contributed by atoms with Gasteiger partial charge in [0.1, 0.15) is 5.75 Å². The van der Waals surface area contributed by atoms with Crippen molar-refractivity contribution in [3.63, 3.8) is 0 Å². The second kappa shape index (κ2) is 7.64. The zero-order valence-electron chi connectivity index (χ0n) is 14.3. The van der Waals surface area contributed by atoms with Gasteiger partial charge < -0.3 is 14.8 Å². The van der Waals surface area contributed by atoms with Crippen molar-refractivity contribution >= 4 is 17.6 Å². The van der Waals surface area contributed by atoms with Crippen molar-refractivity contribution in [2.45, 2.75) is 20.8 Å². The van der Waals surface area contributed by atoms with E-state index in [1.54, 1.807) is 18.2 Å². The predicted octanol–water partition coefficient (Wildman–Crippen LogP) is 3.42. The van der Waals surface area contributed by atoms with Gasteiger partial charge >= 0.3 is 5.97 Å². The Morgan fingerprint density at radius 2 is 1.67 bits per heavy atom. The second-order valence-corrected chi connectivity index (χ2v) is 5.61. The molecule has 0 saturated carbocycles. The monoisotopic (exact) mass is 327 g/mol. The van der Waals surface area contributed by atoms with Crippen molar-refractivity contribution in [2.24, 2.45) is 0 Å². The van der Waals surface area contributed by atoms with Crippen LogP contribution >= 0.6 is 0 Å². The number of nitrogens with one attached hydrogen (secondary N) is 1. The smallest absolute Gasteiger partial charge is 0.338 e. The van der Waals surface area contributed by atoms with Crippen molar-refractivity contribution in [3.8, 4) is 5.75 Å². The number of rotatable bonds is 5. The molecule has 0 aliphatic rings. The maximum Gasteiger partial charge on any atom is 0.338 e. The number of carbonyl (C=O) groups is 2. The quantitative estimate of drug-likeness (QED) is 0.855. The van der Waals surface area contributed by atoms with Gasteiger partial charge in [-0.1, -0.05) is 12.1 Å². The Bertz CT molecular complexity index is 768. The molecule has 0 atom stereocenters. The fourth-order valence-electron chi connectivity index (χ4n) is 2.18. The van der Waals surface area contributed by atoms with Gasteiger partial charge in [0.25, 0.3) is 5.91 Å². The van der Waals surface area contributed by atoms with E-state index in [0.29, 0.717) is 17.0 Å². The van der Waals surface area contributed by atoms with Gasteiger partial charge in [0.15, 0.2) is 6.61 Å². The first-order valence-electron chi connectivity index (χ1n) is 7.59. The molecule has 0 aliphatic carbocycles. The van der Waals surface area contributed by atoms with Gasteiger partial charge in [-0.2, -0.15) is 0 Å². The van der Waals surface area contributed by atoms with Crippen LogP contribution in [-0.4, -0.2) is 25.6 Å². The van der Waals surface area contributed by atoms with Gasteiger partial charge in [-0.3, -0.25) is 4.79 Å². The number of carbonyl (C=O) groups excluding carboxylic acids is 2. The molecule has 0 bridgehead atoms. The molecular formula is C19H21NO4. The molecule has 0 aromatic heterocycles. The van der Waals surface area contributed by atoms with E-state index in [1.807, 2.05) is 39.0 Å². The summed E-state index contributed by atoms with van der Waals surface area (Å²) in [7, 11) is 1.54. The molecule has 1 amide bonds. The van der Waals surface area contributed by atoms with Gasteiger partial charge in [0.05, 0.1) is 12.7 Å². The lowest BCUT2D eigenvalue weighted by Crippen LogP contribution is -2.21. The van der Waals surface area contributed by atoms with E-state index in [9.17, 15) is 9.59 Å². The number of ether oxygens (including phenoxy) is 2. The zero-order chi connectivity index (χ0) is 17.7. The summed E-state index contributed by atoms with van der Waals surface area (Å²) in [5.41, 5.74) is 4.17. The van der Waals surface area contributed by atoms with Crippen LogP contribution in [0.3, 0.4) is 0 Å². The highest BCUT2D eigenvalue weighted by Crippen LogP contribution is 2.19. The maximum atomic E-state index is 12.0. The Hall–Kier alpha value is -2.82. The molecule has 24 heavy (non-hydrogen) atoms. The molecule has 0 saturated heterocycles. The number of aryl methyl sites for hydroxylation is 3. The average Bonchev–Trinajstić information content (AvgIpc) is 2.56. The number of methoxy groups -OCH3 is 1. The number of anilines is 1. The van der Waals surface area contributed by atoms with Crippen molar-refractivity contribution in [1.29, 1.82) is 0 Å². The third kappa shape index (κ3) is 4.35. The Balaban J connectivity index is 1.93. The molecule has 0 fully saturated rings. The minimum Gasteiger partial charge on any atom is -0.496 e. The molecule has 2 aromatic carbocycles. The van der Waals surface area contributed by atoms with Gasteiger partial charge in [-0.15, -0.1) is 0 Å². The van der Waals surface area contributed by atoms with Crippen LogP contribution in [-0.2, 0) is 9.53 Å². The van der Waals surface area contributed by atoms with Crippen LogP contribution in [0.2, 0.25) is 0 Å². The van der Waals surface area contributed by atoms with Crippen LogP contribution in [0.1, 0.15) is 27.0 Å². The summed E-state index contributed by atoms with van der Waals surface area (Å²) in [6.45, 7) is 5.50. The third-order valence-corrected chi connectivity index (χ3v) is 3.77. The summed E-state index contributed by atoms with van der Waals surface area (Å²) in [5.74, 6) is -0.349. The van der Waals surface area contributed by atoms with Crippen LogP contribution in [0.4, 0.5) is 5.69 Å². The lowest BCUT2D eigenvalue weighted by atomic mass is 10.1. The summed E-state index contributed by atoms with van der Waals surface area (Å²) in [6.07, 6.45) is 0. The Kier molecular flexibility index (Phi) is 5.58. The lowest BCUT2D eigenvalue weighted by molar-refractivity contribution is -0.119. The van der Waals surface area contributed by atoms with E-state index in [4.69, 9.17) is 9.47 Å². The number of hydrogen-bond acceptors (Lipinski definition) is 4. The zero-order valence-corrected chi connectivity index (χ0v) is 14.3. The molecule has 0 radical (unpaired) electrons. The molecule has 5 nitrogen and oxygen atoms in total. The highest BCUT2D eigenvalue weighted by molar-refractivity contribution is 5.95. The van der Waals surface area contributed by atoms with Crippen LogP contribution in [0.25, 0.3) is 0 Å². The highest BCUT2D eigenvalue weighted by atomic mass is 16.5. The first-order valence-corrected chi connectivity index (χ1v) is 7.59. The molecule has 0 unspecified atom stereocenters. The van der Waals surface area contributed by atoms with Crippen molar-refractivity contribution in [1.82, 2.24) is 0 Å². The second-order valence-electron chi connectivity index (χ2n) is 5.61. The summed E-state index contributed by atoms with van der Waals surface area (Å²) in [5, 5.41) is 2.71. The summed E-state index contributed by atoms with van der Waals surface area (Å²) in [6, 6.07) is 10.6. The van der Waals surface area contributed by atoms with Gasteiger partial charge in [0, 0.05) is 5.69 Å². The molecule has 2 rings (SSSR count). The van der Waals surface area contributed by atoms with Crippen molar-refractivity contribution < 1.29 is 19.1 Å². The number of amides is 1. The van der Waals surface area contributed by atoms with Crippen LogP contribution in [0.5, 0.6) is 5.75 Å². The van der Waals surface area contributed by atoms with E-state index in [0.717, 1.165) is 16.7 Å². The molecule has 5 heteroatoms. The SMILES string of the molecule is COc1cc(C(=O)OCC(=O)Nc2ccc(C)c(C)c2)ccc1C. The highest BCUT2D eigenvalue weighted by Gasteiger charge is 2.12. The fourth-order valence-corrected chi connectivity index (χ4v) is 2.18. The largest absolute Gasteiger partial charge is 0.496 e. The molecular weight excluding hydrogens is 306 g/mol. The lowest BCUT2D eigenvalue weighted by Gasteiger charge is -2.09. The van der Waals surface area contributed by atoms with E-state index in [-0.39, 0.29) is 12.5 Å². The van der Waals surface area contributed by atoms with Crippen LogP contribution in [0.15, 0.2) is 36.4 Å². The normalized spacial score (nSPS) is 10.2. The molecule has 0 heterocycles.